The number of hydrogen-bond acceptors (Lipinski definition) is 8. The van der Waals surface area contributed by atoms with Gasteiger partial charge in [0.15, 0.2) is 0 Å². The molecule has 5 rings (SSSR count). The maximum absolute atomic E-state index is 12.1. The Morgan fingerprint density at radius 3 is 2.70 bits per heavy atom. The van der Waals surface area contributed by atoms with Crippen LogP contribution >= 0.6 is 0 Å². The lowest BCUT2D eigenvalue weighted by Gasteiger charge is -2.38. The third kappa shape index (κ3) is 5.11. The first-order chi connectivity index (χ1) is 17.8. The standard InChI is InChI=1S/C27H36N8O2/c1-6-23(36)33-11-13-34(14-12-33)26-20-9-10-35(25-18(2)7-8-21-24(25)29-17-28-21)16-22(20)30-27(31-26)37-19(3)15-32(4)5/h6-8,17,19H,1,9-16H2,2-5H3,(H,28,29)/t19-/m1/s1. The van der Waals surface area contributed by atoms with Crippen molar-refractivity contribution in [2.24, 2.45) is 0 Å². The molecule has 1 amide bonds. The highest BCUT2D eigenvalue weighted by molar-refractivity contribution is 5.90. The monoisotopic (exact) mass is 504 g/mol. The van der Waals surface area contributed by atoms with Crippen molar-refractivity contribution in [2.45, 2.75) is 32.9 Å². The van der Waals surface area contributed by atoms with Gasteiger partial charge in [-0.3, -0.25) is 4.79 Å². The lowest BCUT2D eigenvalue weighted by Crippen LogP contribution is -2.49. The van der Waals surface area contributed by atoms with E-state index >= 15 is 0 Å². The Balaban J connectivity index is 1.47. The van der Waals surface area contributed by atoms with E-state index in [2.05, 4.69) is 50.3 Å². The number of rotatable bonds is 7. The highest BCUT2D eigenvalue weighted by Gasteiger charge is 2.30. The highest BCUT2D eigenvalue weighted by atomic mass is 16.5. The highest BCUT2D eigenvalue weighted by Crippen LogP contribution is 2.35. The van der Waals surface area contributed by atoms with Crippen molar-refractivity contribution in [3.63, 3.8) is 0 Å². The number of nitrogens with zero attached hydrogens (tertiary/aromatic N) is 7. The van der Waals surface area contributed by atoms with Gasteiger partial charge in [-0.05, 0) is 52.1 Å². The second-order valence-corrected chi connectivity index (χ2v) is 10.2. The molecule has 4 heterocycles. The fourth-order valence-corrected chi connectivity index (χ4v) is 5.39. The Hall–Kier alpha value is -3.66. The molecule has 1 atom stereocenters. The first kappa shape index (κ1) is 25.0. The van der Waals surface area contributed by atoms with E-state index in [-0.39, 0.29) is 12.0 Å². The summed E-state index contributed by atoms with van der Waals surface area (Å²) in [5.74, 6) is 0.904. The largest absolute Gasteiger partial charge is 0.459 e. The average Bonchev–Trinajstić information content (AvgIpc) is 3.35. The second kappa shape index (κ2) is 10.4. The number of fused-ring (bicyclic) bond motifs is 2. The molecule has 0 saturated carbocycles. The number of piperazine rings is 1. The van der Waals surface area contributed by atoms with Crippen molar-refractivity contribution in [2.75, 3.05) is 63.2 Å². The summed E-state index contributed by atoms with van der Waals surface area (Å²) in [4.78, 5) is 38.3. The van der Waals surface area contributed by atoms with Crippen LogP contribution in [0.3, 0.4) is 0 Å². The predicted molar refractivity (Wildman–Crippen MR) is 145 cm³/mol. The molecule has 1 saturated heterocycles. The van der Waals surface area contributed by atoms with Crippen LogP contribution in [-0.4, -0.2) is 95.1 Å². The molecule has 0 radical (unpaired) electrons. The summed E-state index contributed by atoms with van der Waals surface area (Å²) in [5, 5.41) is 0. The maximum Gasteiger partial charge on any atom is 0.318 e. The smallest absolute Gasteiger partial charge is 0.318 e. The first-order valence-corrected chi connectivity index (χ1v) is 12.9. The summed E-state index contributed by atoms with van der Waals surface area (Å²) < 4.78 is 6.22. The Morgan fingerprint density at radius 1 is 1.19 bits per heavy atom. The zero-order chi connectivity index (χ0) is 26.1. The number of likely N-dealkylation sites (N-methyl/N-ethyl adjacent to an activating group) is 1. The molecule has 2 aliphatic heterocycles. The summed E-state index contributed by atoms with van der Waals surface area (Å²) in [6.45, 7) is 12.8. The summed E-state index contributed by atoms with van der Waals surface area (Å²) in [5.41, 5.74) is 6.50. The van der Waals surface area contributed by atoms with Crippen LogP contribution in [0.2, 0.25) is 0 Å². The third-order valence-corrected chi connectivity index (χ3v) is 7.10. The average molecular weight is 505 g/mol. The van der Waals surface area contributed by atoms with Crippen LogP contribution in [0.4, 0.5) is 11.5 Å². The summed E-state index contributed by atoms with van der Waals surface area (Å²) >= 11 is 0. The minimum absolute atomic E-state index is 0.0237. The molecule has 1 aromatic carbocycles. The molecular weight excluding hydrogens is 468 g/mol. The summed E-state index contributed by atoms with van der Waals surface area (Å²) in [7, 11) is 4.05. The van der Waals surface area contributed by atoms with Crippen LogP contribution in [0.15, 0.2) is 31.1 Å². The Labute approximate surface area is 217 Å². The van der Waals surface area contributed by atoms with E-state index < -0.39 is 0 Å². The van der Waals surface area contributed by atoms with Gasteiger partial charge in [-0.25, -0.2) is 4.98 Å². The van der Waals surface area contributed by atoms with Gasteiger partial charge in [-0.2, -0.15) is 9.97 Å². The lowest BCUT2D eigenvalue weighted by atomic mass is 10.0. The number of ether oxygens (including phenoxy) is 1. The number of H-pyrrole nitrogens is 1. The topological polar surface area (TPSA) is 93.7 Å². The van der Waals surface area contributed by atoms with Gasteiger partial charge in [0.1, 0.15) is 17.4 Å². The van der Waals surface area contributed by atoms with Gasteiger partial charge in [0.2, 0.25) is 5.91 Å². The van der Waals surface area contributed by atoms with Crippen LogP contribution in [0.5, 0.6) is 6.01 Å². The molecule has 1 N–H and O–H groups in total. The number of imidazole rings is 1. The quantitative estimate of drug-likeness (QED) is 0.491. The number of carbonyl (C=O) groups is 1. The Kier molecular flexibility index (Phi) is 7.01. The number of nitrogens with one attached hydrogen (secondary N) is 1. The molecule has 37 heavy (non-hydrogen) atoms. The second-order valence-electron chi connectivity index (χ2n) is 10.2. The maximum atomic E-state index is 12.1. The van der Waals surface area contributed by atoms with E-state index in [0.717, 1.165) is 47.7 Å². The third-order valence-electron chi connectivity index (χ3n) is 7.10. The van der Waals surface area contributed by atoms with Crippen molar-refractivity contribution in [1.29, 1.82) is 0 Å². The van der Waals surface area contributed by atoms with Gasteiger partial charge >= 0.3 is 6.01 Å². The first-order valence-electron chi connectivity index (χ1n) is 12.9. The van der Waals surface area contributed by atoms with Crippen molar-refractivity contribution in [3.05, 3.63) is 47.9 Å². The molecule has 10 heteroatoms. The molecule has 2 aliphatic rings. The number of aromatic amines is 1. The van der Waals surface area contributed by atoms with Gasteiger partial charge < -0.3 is 29.3 Å². The predicted octanol–water partition coefficient (Wildman–Crippen LogP) is 2.39. The van der Waals surface area contributed by atoms with E-state index in [4.69, 9.17) is 14.7 Å². The van der Waals surface area contributed by atoms with E-state index in [1.54, 1.807) is 6.33 Å². The number of aromatic nitrogens is 4. The molecule has 0 spiro atoms. The van der Waals surface area contributed by atoms with E-state index in [1.165, 1.54) is 17.2 Å². The van der Waals surface area contributed by atoms with Crippen LogP contribution in [0.1, 0.15) is 23.7 Å². The minimum atomic E-state index is -0.0531. The van der Waals surface area contributed by atoms with Crippen LogP contribution in [0.25, 0.3) is 11.0 Å². The van der Waals surface area contributed by atoms with E-state index in [9.17, 15) is 4.79 Å². The molecule has 0 aliphatic carbocycles. The molecule has 3 aromatic rings. The van der Waals surface area contributed by atoms with Crippen molar-refractivity contribution >= 4 is 28.4 Å². The zero-order valence-corrected chi connectivity index (χ0v) is 22.2. The molecule has 2 aromatic heterocycles. The lowest BCUT2D eigenvalue weighted by molar-refractivity contribution is -0.126. The summed E-state index contributed by atoms with van der Waals surface area (Å²) in [6, 6.07) is 4.62. The van der Waals surface area contributed by atoms with Gasteiger partial charge in [-0.15, -0.1) is 0 Å². The number of carbonyl (C=O) groups excluding carboxylic acids is 1. The fourth-order valence-electron chi connectivity index (χ4n) is 5.39. The van der Waals surface area contributed by atoms with Gasteiger partial charge in [-0.1, -0.05) is 12.6 Å². The van der Waals surface area contributed by atoms with Gasteiger partial charge in [0, 0.05) is 44.8 Å². The normalized spacial score (nSPS) is 16.7. The number of anilines is 2. The Bertz CT molecular complexity index is 1300. The van der Waals surface area contributed by atoms with Gasteiger partial charge in [0.25, 0.3) is 0 Å². The minimum Gasteiger partial charge on any atom is -0.459 e. The number of benzene rings is 1. The van der Waals surface area contributed by atoms with Crippen LogP contribution in [-0.2, 0) is 17.8 Å². The number of aryl methyl sites for hydroxylation is 1. The van der Waals surface area contributed by atoms with Gasteiger partial charge in [0.05, 0.1) is 29.8 Å². The molecular formula is C27H36N8O2. The number of hydrogen-bond donors (Lipinski definition) is 1. The molecule has 10 nitrogen and oxygen atoms in total. The van der Waals surface area contributed by atoms with Crippen molar-refractivity contribution in [1.82, 2.24) is 29.7 Å². The molecule has 0 bridgehead atoms. The van der Waals surface area contributed by atoms with Crippen LogP contribution in [0, 0.1) is 6.92 Å². The Morgan fingerprint density at radius 2 is 1.97 bits per heavy atom. The summed E-state index contributed by atoms with van der Waals surface area (Å²) in [6.07, 6.45) is 3.91. The van der Waals surface area contributed by atoms with Crippen molar-refractivity contribution in [3.8, 4) is 6.01 Å². The SMILES string of the molecule is C=CC(=O)N1CCN(c2nc(O[C@H](C)CN(C)C)nc3c2CCN(c2c(C)ccc4[nH]cnc24)C3)CC1. The van der Waals surface area contributed by atoms with E-state index in [1.807, 2.05) is 25.9 Å². The molecule has 1 fully saturated rings. The molecule has 0 unspecified atom stereocenters. The zero-order valence-electron chi connectivity index (χ0n) is 22.2. The van der Waals surface area contributed by atoms with Crippen LogP contribution < -0.4 is 14.5 Å². The number of amides is 1. The fraction of sp³-hybridized carbons (Fsp3) is 0.481. The van der Waals surface area contributed by atoms with Crippen molar-refractivity contribution < 1.29 is 9.53 Å². The molecule has 196 valence electrons. The van der Waals surface area contributed by atoms with E-state index in [0.29, 0.717) is 38.7 Å².